The third-order valence-electron chi connectivity index (χ3n) is 15.3. The molecule has 0 saturated heterocycles. The summed E-state index contributed by atoms with van der Waals surface area (Å²) in [5.41, 5.74) is -3.75. The van der Waals surface area contributed by atoms with Crippen LogP contribution in [0.3, 0.4) is 0 Å². The topological polar surface area (TPSA) is 116 Å². The lowest BCUT2D eigenvalue weighted by molar-refractivity contribution is -0.242. The summed E-state index contributed by atoms with van der Waals surface area (Å²) < 4.78 is 6.15. The van der Waals surface area contributed by atoms with Crippen LogP contribution in [0.4, 0.5) is 0 Å². The van der Waals surface area contributed by atoms with E-state index in [0.29, 0.717) is 35.8 Å². The van der Waals surface area contributed by atoms with Gasteiger partial charge in [0.05, 0.1) is 5.57 Å². The summed E-state index contributed by atoms with van der Waals surface area (Å²) >= 11 is 6.06. The maximum Gasteiger partial charge on any atom is 0.226 e. The molecule has 0 aliphatic heterocycles. The van der Waals surface area contributed by atoms with Crippen LogP contribution in [0.5, 0.6) is 11.5 Å². The Hall–Kier alpha value is -3.73. The quantitative estimate of drug-likeness (QED) is 0.318. The molecule has 8 atom stereocenters. The number of nitrogens with one attached hydrogen (secondary N) is 1. The van der Waals surface area contributed by atoms with E-state index in [1.165, 1.54) is 0 Å². The number of fused-ring (bicyclic) bond motifs is 7. The van der Waals surface area contributed by atoms with Gasteiger partial charge in [0.2, 0.25) is 5.91 Å². The number of allylic oxidation sites excluding steroid dienone is 3. The summed E-state index contributed by atoms with van der Waals surface area (Å²) in [4.78, 5) is 42.5. The second-order valence-electron chi connectivity index (χ2n) is 18.3. The Bertz CT molecular complexity index is 1980. The number of halogens is 1. The van der Waals surface area contributed by atoms with Gasteiger partial charge >= 0.3 is 0 Å². The van der Waals surface area contributed by atoms with E-state index < -0.39 is 38.6 Å². The van der Waals surface area contributed by atoms with E-state index in [9.17, 15) is 24.8 Å². The summed E-state index contributed by atoms with van der Waals surface area (Å²) in [6.07, 6.45) is 8.24. The number of hydrogen-bond donors (Lipinski definition) is 2. The number of amides is 1. The average Bonchev–Trinajstić information content (AvgIpc) is 3.10. The molecule has 3 saturated carbocycles. The standard InChI is InChI=1S/C44H51ClN2O5/c1-38(2)32-16-17-42(6)33(41(32,5)23-28(25-46)36(38)49)22-35(48)44(51)34-24-40(4,19-18-39(34,3)20-21-43(42,44)7)37(50)47-26-27-10-8-9-11-31(27)52-30-14-12-29(45)13-15-30/h8-15,22-23,32,34,51H,16-21,24,26H2,1-7H3,(H,47,50). The van der Waals surface area contributed by atoms with Crippen LogP contribution >= 0.6 is 11.6 Å². The lowest BCUT2D eigenvalue weighted by Crippen LogP contribution is -2.74. The van der Waals surface area contributed by atoms with Gasteiger partial charge in [-0.1, -0.05) is 84.3 Å². The van der Waals surface area contributed by atoms with Gasteiger partial charge in [0, 0.05) is 44.7 Å². The zero-order chi connectivity index (χ0) is 37.7. The second-order valence-corrected chi connectivity index (χ2v) is 18.7. The van der Waals surface area contributed by atoms with Crippen LogP contribution in [-0.4, -0.2) is 28.2 Å². The summed E-state index contributed by atoms with van der Waals surface area (Å²) in [6.45, 7) is 14.7. The SMILES string of the molecule is CC1(C(=O)NCc2ccccc2Oc2ccc(Cl)cc2)CCC2(C)CCC3(C)C4(C)CCC5C(C)(C)C(=O)C(C#N)=CC5(C)C4=CC(=O)C3(O)C2C1. The predicted octanol–water partition coefficient (Wildman–Crippen LogP) is 9.08. The molecule has 0 bridgehead atoms. The first-order chi connectivity index (χ1) is 24.3. The number of Topliss-reactive ketones (excluding diaryl/α,β-unsaturated/α-hetero) is 1. The van der Waals surface area contributed by atoms with Crippen molar-refractivity contribution in [3.05, 3.63) is 82.4 Å². The van der Waals surface area contributed by atoms with E-state index in [1.807, 2.05) is 51.1 Å². The molecular formula is C44H51ClN2O5. The third kappa shape index (κ3) is 4.96. The number of ether oxygens (including phenoxy) is 1. The van der Waals surface area contributed by atoms with Crippen molar-refractivity contribution in [2.24, 2.45) is 44.3 Å². The molecule has 0 heterocycles. The molecule has 1 amide bonds. The first kappa shape index (κ1) is 36.6. The average molecular weight is 723 g/mol. The number of para-hydroxylation sites is 1. The molecule has 0 spiro atoms. The van der Waals surface area contributed by atoms with Crippen molar-refractivity contribution in [3.63, 3.8) is 0 Å². The molecule has 274 valence electrons. The molecule has 5 aliphatic carbocycles. The molecule has 5 aliphatic rings. The molecule has 2 aromatic carbocycles. The number of hydrogen-bond acceptors (Lipinski definition) is 6. The smallest absolute Gasteiger partial charge is 0.226 e. The number of aliphatic hydroxyl groups is 1. The molecule has 8 heteroatoms. The van der Waals surface area contributed by atoms with Gasteiger partial charge < -0.3 is 15.2 Å². The van der Waals surface area contributed by atoms with E-state index in [0.717, 1.165) is 36.8 Å². The Kier molecular flexibility index (Phi) is 8.37. The Labute approximate surface area is 312 Å². The van der Waals surface area contributed by atoms with Crippen LogP contribution in [0.25, 0.3) is 0 Å². The van der Waals surface area contributed by atoms with E-state index in [4.69, 9.17) is 16.3 Å². The molecule has 7 nitrogen and oxygen atoms in total. The number of carbonyl (C=O) groups excluding carboxylic acids is 3. The molecule has 2 N–H and O–H groups in total. The summed E-state index contributed by atoms with van der Waals surface area (Å²) in [7, 11) is 0. The fourth-order valence-electron chi connectivity index (χ4n) is 11.7. The van der Waals surface area contributed by atoms with Crippen LogP contribution < -0.4 is 10.1 Å². The van der Waals surface area contributed by atoms with Crippen molar-refractivity contribution in [1.29, 1.82) is 5.26 Å². The minimum atomic E-state index is -1.69. The lowest BCUT2D eigenvalue weighted by Gasteiger charge is -2.71. The van der Waals surface area contributed by atoms with E-state index >= 15 is 0 Å². The van der Waals surface area contributed by atoms with Crippen molar-refractivity contribution in [3.8, 4) is 17.6 Å². The van der Waals surface area contributed by atoms with Crippen molar-refractivity contribution in [2.45, 2.75) is 106 Å². The predicted molar refractivity (Wildman–Crippen MR) is 200 cm³/mol. The summed E-state index contributed by atoms with van der Waals surface area (Å²) in [5.74, 6) is 0.210. The van der Waals surface area contributed by atoms with Crippen LogP contribution in [-0.2, 0) is 20.9 Å². The fraction of sp³-hybridized carbons (Fsp3) is 0.545. The first-order valence-electron chi connectivity index (χ1n) is 18.8. The van der Waals surface area contributed by atoms with Crippen molar-refractivity contribution < 1.29 is 24.2 Å². The Morgan fingerprint density at radius 3 is 2.31 bits per heavy atom. The molecule has 0 radical (unpaired) electrons. The third-order valence-corrected chi connectivity index (χ3v) is 15.5. The largest absolute Gasteiger partial charge is 0.457 e. The molecular weight excluding hydrogens is 672 g/mol. The number of benzene rings is 2. The fourth-order valence-corrected chi connectivity index (χ4v) is 11.9. The van der Waals surface area contributed by atoms with Crippen LogP contribution in [0.15, 0.2) is 71.8 Å². The zero-order valence-electron chi connectivity index (χ0n) is 31.5. The minimum absolute atomic E-state index is 0.0798. The van der Waals surface area contributed by atoms with Crippen molar-refractivity contribution in [1.82, 2.24) is 5.32 Å². The maximum absolute atomic E-state index is 14.8. The van der Waals surface area contributed by atoms with E-state index in [1.54, 1.807) is 30.3 Å². The van der Waals surface area contributed by atoms with Gasteiger partial charge in [0.15, 0.2) is 11.6 Å². The van der Waals surface area contributed by atoms with Gasteiger partial charge in [-0.2, -0.15) is 5.26 Å². The Morgan fingerprint density at radius 2 is 1.62 bits per heavy atom. The monoisotopic (exact) mass is 722 g/mol. The van der Waals surface area contributed by atoms with Gasteiger partial charge in [0.1, 0.15) is 23.2 Å². The highest BCUT2D eigenvalue weighted by molar-refractivity contribution is 6.30. The van der Waals surface area contributed by atoms with Crippen molar-refractivity contribution in [2.75, 3.05) is 0 Å². The molecule has 3 fully saturated rings. The number of nitriles is 1. The van der Waals surface area contributed by atoms with Gasteiger partial charge in [-0.05, 0) is 104 Å². The number of carbonyl (C=O) groups is 3. The Morgan fingerprint density at radius 1 is 0.942 bits per heavy atom. The molecule has 0 aromatic heterocycles. The van der Waals surface area contributed by atoms with Gasteiger partial charge in [-0.25, -0.2) is 0 Å². The normalized spacial score (nSPS) is 39.0. The van der Waals surface area contributed by atoms with E-state index in [-0.39, 0.29) is 40.9 Å². The molecule has 52 heavy (non-hydrogen) atoms. The number of nitrogens with zero attached hydrogens (tertiary/aromatic N) is 1. The highest BCUT2D eigenvalue weighted by atomic mass is 35.5. The maximum atomic E-state index is 14.8. The lowest BCUT2D eigenvalue weighted by atomic mass is 9.33. The number of ketones is 2. The van der Waals surface area contributed by atoms with Crippen LogP contribution in [0.2, 0.25) is 5.02 Å². The van der Waals surface area contributed by atoms with Crippen molar-refractivity contribution >= 4 is 29.1 Å². The Balaban J connectivity index is 1.20. The van der Waals surface area contributed by atoms with E-state index in [2.05, 4.69) is 39.1 Å². The van der Waals surface area contributed by atoms with Gasteiger partial charge in [-0.3, -0.25) is 14.4 Å². The van der Waals surface area contributed by atoms with Gasteiger partial charge in [-0.15, -0.1) is 0 Å². The second kappa shape index (κ2) is 11.9. The molecule has 8 unspecified atom stereocenters. The highest BCUT2D eigenvalue weighted by Gasteiger charge is 2.75. The number of rotatable bonds is 5. The molecule has 2 aromatic rings. The van der Waals surface area contributed by atoms with Gasteiger partial charge in [0.25, 0.3) is 0 Å². The van der Waals surface area contributed by atoms with Crippen LogP contribution in [0.1, 0.15) is 99.0 Å². The summed E-state index contributed by atoms with van der Waals surface area (Å²) in [5, 5.41) is 27.1. The minimum Gasteiger partial charge on any atom is -0.457 e. The highest BCUT2D eigenvalue weighted by Crippen LogP contribution is 2.75. The summed E-state index contributed by atoms with van der Waals surface area (Å²) in [6, 6.07) is 16.9. The molecule has 7 rings (SSSR count). The van der Waals surface area contributed by atoms with Crippen LogP contribution in [0, 0.1) is 55.7 Å². The first-order valence-corrected chi connectivity index (χ1v) is 19.1. The zero-order valence-corrected chi connectivity index (χ0v) is 32.2.